The molecule has 2 aliphatic heterocycles. The molecule has 2 heterocycles. The number of ether oxygens (including phenoxy) is 2. The molecule has 1 aromatic rings. The number of hydrogen-bond donors (Lipinski definition) is 0. The molecule has 39 heavy (non-hydrogen) atoms. The monoisotopic (exact) mass is 543 g/mol. The topological polar surface area (TPSA) is 79.4 Å². The van der Waals surface area contributed by atoms with E-state index >= 15 is 0 Å². The van der Waals surface area contributed by atoms with Gasteiger partial charge in [-0.05, 0) is 92.3 Å². The number of hydrogen-bond acceptors (Lipinski definition) is 5. The van der Waals surface area contributed by atoms with Crippen LogP contribution in [-0.2, 0) is 9.53 Å². The average Bonchev–Trinajstić information content (AvgIpc) is 2.82. The van der Waals surface area contributed by atoms with Crippen molar-refractivity contribution in [1.29, 1.82) is 0 Å². The molecule has 0 spiro atoms. The largest absolute Gasteiger partial charge is 0.476 e. The van der Waals surface area contributed by atoms with Crippen LogP contribution in [0.4, 0.5) is 10.5 Å². The maximum absolute atomic E-state index is 14.2. The number of carbonyl (C=O) groups is 3. The first-order valence-corrected chi connectivity index (χ1v) is 14.6. The van der Waals surface area contributed by atoms with Gasteiger partial charge in [0.05, 0.1) is 11.7 Å². The van der Waals surface area contributed by atoms with Crippen molar-refractivity contribution in [3.05, 3.63) is 23.3 Å². The van der Waals surface area contributed by atoms with Crippen molar-refractivity contribution in [1.82, 2.24) is 9.80 Å². The van der Waals surface area contributed by atoms with Gasteiger partial charge in [0.2, 0.25) is 0 Å². The van der Waals surface area contributed by atoms with Crippen molar-refractivity contribution in [3.63, 3.8) is 0 Å². The maximum Gasteiger partial charge on any atom is 0.410 e. The fraction of sp³-hybridized carbons (Fsp3) is 0.710. The smallest absolute Gasteiger partial charge is 0.410 e. The number of rotatable bonds is 8. The molecule has 1 aromatic carbocycles. The highest BCUT2D eigenvalue weighted by molar-refractivity contribution is 6.05. The molecule has 0 N–H and O–H groups in total. The minimum Gasteiger partial charge on any atom is -0.476 e. The molecule has 0 aromatic heterocycles. The number of nitrogens with zero attached hydrogens (tertiary/aromatic N) is 3. The van der Waals surface area contributed by atoms with Gasteiger partial charge >= 0.3 is 6.09 Å². The quantitative estimate of drug-likeness (QED) is 0.358. The summed E-state index contributed by atoms with van der Waals surface area (Å²) in [4.78, 5) is 45.8. The van der Waals surface area contributed by atoms with Gasteiger partial charge in [-0.25, -0.2) is 4.79 Å². The highest BCUT2D eigenvalue weighted by Crippen LogP contribution is 2.40. The number of unbranched alkanes of at least 4 members (excludes halogenated alkanes) is 3. The van der Waals surface area contributed by atoms with Crippen LogP contribution in [0.15, 0.2) is 12.1 Å². The summed E-state index contributed by atoms with van der Waals surface area (Å²) >= 11 is 0. The molecule has 0 radical (unpaired) electrons. The van der Waals surface area contributed by atoms with E-state index in [0.717, 1.165) is 44.1 Å². The zero-order chi connectivity index (χ0) is 29.1. The summed E-state index contributed by atoms with van der Waals surface area (Å²) in [6, 6.07) is 3.53. The molecular formula is C31H49N3O5. The molecule has 1 fully saturated rings. The van der Waals surface area contributed by atoms with Gasteiger partial charge in [0.25, 0.3) is 11.8 Å². The van der Waals surface area contributed by atoms with E-state index in [1.165, 1.54) is 0 Å². The van der Waals surface area contributed by atoms with E-state index in [1.807, 2.05) is 58.6 Å². The van der Waals surface area contributed by atoms with Crippen LogP contribution < -0.4 is 9.64 Å². The van der Waals surface area contributed by atoms with Crippen LogP contribution in [0.25, 0.3) is 0 Å². The Morgan fingerprint density at radius 3 is 2.49 bits per heavy atom. The first-order valence-electron chi connectivity index (χ1n) is 14.6. The van der Waals surface area contributed by atoms with Crippen LogP contribution in [0.5, 0.6) is 5.75 Å². The predicted molar refractivity (Wildman–Crippen MR) is 155 cm³/mol. The second kappa shape index (κ2) is 12.2. The normalized spacial score (nSPS) is 19.0. The van der Waals surface area contributed by atoms with Crippen molar-refractivity contribution >= 4 is 23.6 Å². The molecule has 0 saturated carbocycles. The lowest BCUT2D eigenvalue weighted by Crippen LogP contribution is -2.55. The number of piperidine rings is 1. The third-order valence-corrected chi connectivity index (χ3v) is 7.42. The lowest BCUT2D eigenvalue weighted by Gasteiger charge is -2.42. The summed E-state index contributed by atoms with van der Waals surface area (Å²) in [5, 5.41) is 0. The van der Waals surface area contributed by atoms with Crippen LogP contribution in [0.2, 0.25) is 0 Å². The SMILES string of the molecule is CCCCCCN1C(=O)C(C)(C)Oc2cc(C)c(C(=O)N(C(C)C)[C@@H]3CCCN(C(=O)OC(C)(C)C)C3)cc21. The summed E-state index contributed by atoms with van der Waals surface area (Å²) < 4.78 is 11.7. The van der Waals surface area contributed by atoms with Crippen LogP contribution in [-0.4, -0.2) is 70.6 Å². The Morgan fingerprint density at radius 1 is 1.18 bits per heavy atom. The van der Waals surface area contributed by atoms with Gasteiger partial charge in [-0.1, -0.05) is 26.2 Å². The molecule has 2 aliphatic rings. The summed E-state index contributed by atoms with van der Waals surface area (Å²) in [7, 11) is 0. The van der Waals surface area contributed by atoms with E-state index in [-0.39, 0.29) is 30.0 Å². The van der Waals surface area contributed by atoms with Gasteiger partial charge in [0, 0.05) is 31.2 Å². The van der Waals surface area contributed by atoms with Gasteiger partial charge in [-0.15, -0.1) is 0 Å². The molecule has 0 bridgehead atoms. The predicted octanol–water partition coefficient (Wildman–Crippen LogP) is 6.33. The summed E-state index contributed by atoms with van der Waals surface area (Å²) in [6.07, 6.45) is 5.45. The van der Waals surface area contributed by atoms with Crippen LogP contribution in [0.1, 0.15) is 110 Å². The van der Waals surface area contributed by atoms with E-state index in [0.29, 0.717) is 36.6 Å². The Kier molecular flexibility index (Phi) is 9.60. The fourth-order valence-electron chi connectivity index (χ4n) is 5.50. The Morgan fingerprint density at radius 2 is 1.87 bits per heavy atom. The fourth-order valence-corrected chi connectivity index (χ4v) is 5.50. The molecule has 3 rings (SSSR count). The van der Waals surface area contributed by atoms with Gasteiger partial charge in [-0.2, -0.15) is 0 Å². The van der Waals surface area contributed by atoms with E-state index in [1.54, 1.807) is 23.6 Å². The Hall–Kier alpha value is -2.77. The first kappa shape index (κ1) is 30.8. The summed E-state index contributed by atoms with van der Waals surface area (Å²) in [5.41, 5.74) is 0.487. The Bertz CT molecular complexity index is 1060. The van der Waals surface area contributed by atoms with Crippen molar-refractivity contribution in [2.24, 2.45) is 0 Å². The van der Waals surface area contributed by atoms with Gasteiger partial charge < -0.3 is 24.2 Å². The molecular weight excluding hydrogens is 494 g/mol. The number of aryl methyl sites for hydroxylation is 1. The Balaban J connectivity index is 1.91. The van der Waals surface area contributed by atoms with Gasteiger partial charge in [0.15, 0.2) is 5.60 Å². The third-order valence-electron chi connectivity index (χ3n) is 7.42. The van der Waals surface area contributed by atoms with Gasteiger partial charge in [0.1, 0.15) is 11.4 Å². The Labute approximate surface area is 235 Å². The maximum atomic E-state index is 14.2. The van der Waals surface area contributed by atoms with Crippen LogP contribution in [0.3, 0.4) is 0 Å². The number of benzene rings is 1. The molecule has 1 atom stereocenters. The van der Waals surface area contributed by atoms with E-state index in [4.69, 9.17) is 9.47 Å². The first-order chi connectivity index (χ1) is 18.2. The lowest BCUT2D eigenvalue weighted by atomic mass is 9.97. The highest BCUT2D eigenvalue weighted by atomic mass is 16.6. The lowest BCUT2D eigenvalue weighted by molar-refractivity contribution is -0.132. The molecule has 3 amide bonds. The minimum absolute atomic E-state index is 0.0709. The minimum atomic E-state index is -0.965. The zero-order valence-corrected chi connectivity index (χ0v) is 25.6. The number of likely N-dealkylation sites (tertiary alicyclic amines) is 1. The standard InChI is InChI=1S/C31H49N3O5/c1-10-11-12-13-17-33-25-19-24(22(4)18-26(25)38-31(8,9)28(33)36)27(35)34(21(2)3)23-15-14-16-32(20-23)29(37)39-30(5,6)7/h18-19,21,23H,10-17,20H2,1-9H3/t23-/m1/s1. The molecule has 8 heteroatoms. The summed E-state index contributed by atoms with van der Waals surface area (Å²) in [5.74, 6) is 0.452. The molecule has 0 aliphatic carbocycles. The molecule has 218 valence electrons. The number of carbonyl (C=O) groups excluding carboxylic acids is 3. The summed E-state index contributed by atoms with van der Waals surface area (Å²) in [6.45, 7) is 18.9. The van der Waals surface area contributed by atoms with E-state index < -0.39 is 11.2 Å². The second-order valence-corrected chi connectivity index (χ2v) is 12.8. The molecule has 1 saturated heterocycles. The second-order valence-electron chi connectivity index (χ2n) is 12.8. The third kappa shape index (κ3) is 7.25. The molecule has 0 unspecified atom stereocenters. The van der Waals surface area contributed by atoms with E-state index in [2.05, 4.69) is 6.92 Å². The number of fused-ring (bicyclic) bond motifs is 1. The van der Waals surface area contributed by atoms with Crippen molar-refractivity contribution in [3.8, 4) is 5.75 Å². The number of anilines is 1. The van der Waals surface area contributed by atoms with Crippen LogP contribution >= 0.6 is 0 Å². The van der Waals surface area contributed by atoms with Crippen LogP contribution in [0, 0.1) is 6.92 Å². The van der Waals surface area contributed by atoms with Crippen molar-refractivity contribution in [2.75, 3.05) is 24.5 Å². The molecule has 8 nitrogen and oxygen atoms in total. The number of amides is 3. The van der Waals surface area contributed by atoms with Crippen molar-refractivity contribution < 1.29 is 23.9 Å². The highest BCUT2D eigenvalue weighted by Gasteiger charge is 2.42. The van der Waals surface area contributed by atoms with Crippen molar-refractivity contribution in [2.45, 2.75) is 124 Å². The zero-order valence-electron chi connectivity index (χ0n) is 25.6. The average molecular weight is 544 g/mol. The van der Waals surface area contributed by atoms with E-state index in [9.17, 15) is 14.4 Å². The van der Waals surface area contributed by atoms with Gasteiger partial charge in [-0.3, -0.25) is 9.59 Å².